The van der Waals surface area contributed by atoms with E-state index in [1.807, 2.05) is 12.1 Å². The van der Waals surface area contributed by atoms with E-state index in [0.717, 1.165) is 45.0 Å². The van der Waals surface area contributed by atoms with E-state index in [2.05, 4.69) is 34.9 Å². The third kappa shape index (κ3) is 2.65. The second-order valence-electron chi connectivity index (χ2n) is 5.76. The summed E-state index contributed by atoms with van der Waals surface area (Å²) < 4.78 is 5.45. The Balaban J connectivity index is 1.69. The average molecular weight is 271 g/mol. The third-order valence-electron chi connectivity index (χ3n) is 4.45. The SMILES string of the molecule is C[C@H]1CN(c2ccc(C#N)cc2)C[C@@H]1N1CCOCC1. The Morgan fingerprint density at radius 1 is 1.15 bits per heavy atom. The Bertz CT molecular complexity index is 487. The number of rotatable bonds is 2. The van der Waals surface area contributed by atoms with Crippen molar-refractivity contribution < 1.29 is 4.74 Å². The lowest BCUT2D eigenvalue weighted by Crippen LogP contribution is -2.46. The van der Waals surface area contributed by atoms with Gasteiger partial charge in [0, 0.05) is 37.9 Å². The van der Waals surface area contributed by atoms with Crippen molar-refractivity contribution in [2.75, 3.05) is 44.3 Å². The number of nitrogens with zero attached hydrogens (tertiary/aromatic N) is 3. The van der Waals surface area contributed by atoms with E-state index in [-0.39, 0.29) is 0 Å². The van der Waals surface area contributed by atoms with E-state index < -0.39 is 0 Å². The molecule has 106 valence electrons. The predicted octanol–water partition coefficient (Wildman–Crippen LogP) is 1.72. The maximum atomic E-state index is 8.87. The summed E-state index contributed by atoms with van der Waals surface area (Å²) in [5, 5.41) is 8.87. The van der Waals surface area contributed by atoms with Crippen LogP contribution < -0.4 is 4.90 Å². The van der Waals surface area contributed by atoms with Crippen LogP contribution in [0.25, 0.3) is 0 Å². The highest BCUT2D eigenvalue weighted by atomic mass is 16.5. The molecule has 4 heteroatoms. The lowest BCUT2D eigenvalue weighted by molar-refractivity contribution is 0.0134. The van der Waals surface area contributed by atoms with Crippen molar-refractivity contribution in [1.29, 1.82) is 5.26 Å². The Hall–Kier alpha value is -1.57. The van der Waals surface area contributed by atoms with Gasteiger partial charge in [-0.15, -0.1) is 0 Å². The van der Waals surface area contributed by atoms with Gasteiger partial charge < -0.3 is 9.64 Å². The summed E-state index contributed by atoms with van der Waals surface area (Å²) in [5.41, 5.74) is 1.96. The topological polar surface area (TPSA) is 39.5 Å². The minimum atomic E-state index is 0.620. The number of nitriles is 1. The molecule has 0 spiro atoms. The Labute approximate surface area is 120 Å². The monoisotopic (exact) mass is 271 g/mol. The zero-order valence-electron chi connectivity index (χ0n) is 12.0. The number of morpholine rings is 1. The van der Waals surface area contributed by atoms with E-state index in [0.29, 0.717) is 12.0 Å². The highest BCUT2D eigenvalue weighted by Gasteiger charge is 2.34. The minimum Gasteiger partial charge on any atom is -0.379 e. The smallest absolute Gasteiger partial charge is 0.0991 e. The van der Waals surface area contributed by atoms with Crippen LogP contribution in [-0.2, 0) is 4.74 Å². The molecule has 2 heterocycles. The van der Waals surface area contributed by atoms with Crippen molar-refractivity contribution in [2.24, 2.45) is 5.92 Å². The van der Waals surface area contributed by atoms with Crippen LogP contribution in [0.3, 0.4) is 0 Å². The van der Waals surface area contributed by atoms with Crippen LogP contribution in [0.15, 0.2) is 24.3 Å². The molecule has 2 saturated heterocycles. The first kappa shape index (κ1) is 13.4. The maximum Gasteiger partial charge on any atom is 0.0991 e. The van der Waals surface area contributed by atoms with Gasteiger partial charge in [-0.1, -0.05) is 6.92 Å². The maximum absolute atomic E-state index is 8.87. The van der Waals surface area contributed by atoms with Gasteiger partial charge in [-0.05, 0) is 30.2 Å². The lowest BCUT2D eigenvalue weighted by atomic mass is 10.0. The van der Waals surface area contributed by atoms with Gasteiger partial charge in [-0.25, -0.2) is 0 Å². The largest absolute Gasteiger partial charge is 0.379 e. The molecular weight excluding hydrogens is 250 g/mol. The molecule has 2 aliphatic heterocycles. The molecule has 4 nitrogen and oxygen atoms in total. The van der Waals surface area contributed by atoms with E-state index in [9.17, 15) is 0 Å². The van der Waals surface area contributed by atoms with Crippen molar-refractivity contribution in [2.45, 2.75) is 13.0 Å². The molecule has 3 rings (SSSR count). The first-order valence-corrected chi connectivity index (χ1v) is 7.35. The number of hydrogen-bond donors (Lipinski definition) is 0. The summed E-state index contributed by atoms with van der Waals surface area (Å²) in [6.45, 7) is 8.33. The van der Waals surface area contributed by atoms with Gasteiger partial charge in [0.15, 0.2) is 0 Å². The fourth-order valence-corrected chi connectivity index (χ4v) is 3.29. The molecule has 2 aliphatic rings. The molecular formula is C16H21N3O. The number of ether oxygens (including phenoxy) is 1. The van der Waals surface area contributed by atoms with Crippen LogP contribution in [0, 0.1) is 17.2 Å². The molecule has 0 unspecified atom stereocenters. The van der Waals surface area contributed by atoms with Crippen molar-refractivity contribution in [3.05, 3.63) is 29.8 Å². The molecule has 0 bridgehead atoms. The summed E-state index contributed by atoms with van der Waals surface area (Å²) >= 11 is 0. The normalized spacial score (nSPS) is 27.5. The summed E-state index contributed by atoms with van der Waals surface area (Å²) in [5.74, 6) is 0.670. The molecule has 0 saturated carbocycles. The van der Waals surface area contributed by atoms with Crippen LogP contribution in [0.2, 0.25) is 0 Å². The minimum absolute atomic E-state index is 0.620. The highest BCUT2D eigenvalue weighted by molar-refractivity contribution is 5.50. The zero-order chi connectivity index (χ0) is 13.9. The van der Waals surface area contributed by atoms with Gasteiger partial charge in [0.1, 0.15) is 0 Å². The van der Waals surface area contributed by atoms with E-state index in [1.165, 1.54) is 5.69 Å². The van der Waals surface area contributed by atoms with Gasteiger partial charge in [0.25, 0.3) is 0 Å². The van der Waals surface area contributed by atoms with Crippen LogP contribution in [0.5, 0.6) is 0 Å². The summed E-state index contributed by atoms with van der Waals surface area (Å²) in [4.78, 5) is 5.00. The van der Waals surface area contributed by atoms with Crippen LogP contribution in [-0.4, -0.2) is 50.3 Å². The molecule has 0 aromatic heterocycles. The van der Waals surface area contributed by atoms with Crippen molar-refractivity contribution in [3.8, 4) is 6.07 Å². The molecule has 0 amide bonds. The first-order valence-electron chi connectivity index (χ1n) is 7.35. The van der Waals surface area contributed by atoms with E-state index in [1.54, 1.807) is 0 Å². The Morgan fingerprint density at radius 2 is 1.85 bits per heavy atom. The Kier molecular flexibility index (Phi) is 3.90. The van der Waals surface area contributed by atoms with E-state index >= 15 is 0 Å². The molecule has 0 aliphatic carbocycles. The average Bonchev–Trinajstić information content (AvgIpc) is 2.90. The van der Waals surface area contributed by atoms with Gasteiger partial charge >= 0.3 is 0 Å². The van der Waals surface area contributed by atoms with Crippen LogP contribution in [0.4, 0.5) is 5.69 Å². The summed E-state index contributed by atoms with van der Waals surface area (Å²) in [6, 6.07) is 10.7. The molecule has 2 atom stereocenters. The number of benzene rings is 1. The Morgan fingerprint density at radius 3 is 2.50 bits per heavy atom. The quantitative estimate of drug-likeness (QED) is 0.821. The predicted molar refractivity (Wildman–Crippen MR) is 78.7 cm³/mol. The standard InChI is InChI=1S/C16H21N3O/c1-13-11-19(15-4-2-14(10-17)3-5-15)12-16(13)18-6-8-20-9-7-18/h2-5,13,16H,6-9,11-12H2,1H3/t13-,16-/m0/s1. The molecule has 20 heavy (non-hydrogen) atoms. The van der Waals surface area contributed by atoms with Gasteiger partial charge in [0.2, 0.25) is 0 Å². The van der Waals surface area contributed by atoms with Crippen molar-refractivity contribution >= 4 is 5.69 Å². The van der Waals surface area contributed by atoms with Crippen molar-refractivity contribution in [3.63, 3.8) is 0 Å². The molecule has 0 N–H and O–H groups in total. The van der Waals surface area contributed by atoms with Crippen molar-refractivity contribution in [1.82, 2.24) is 4.90 Å². The first-order chi connectivity index (χ1) is 9.78. The summed E-state index contributed by atoms with van der Waals surface area (Å²) in [6.07, 6.45) is 0. The van der Waals surface area contributed by atoms with Crippen LogP contribution in [0.1, 0.15) is 12.5 Å². The lowest BCUT2D eigenvalue weighted by Gasteiger charge is -2.34. The van der Waals surface area contributed by atoms with Crippen LogP contribution >= 0.6 is 0 Å². The second kappa shape index (κ2) is 5.82. The number of anilines is 1. The van der Waals surface area contributed by atoms with Gasteiger partial charge in [-0.2, -0.15) is 5.26 Å². The molecule has 2 fully saturated rings. The fourth-order valence-electron chi connectivity index (χ4n) is 3.29. The molecule has 1 aromatic carbocycles. The third-order valence-corrected chi connectivity index (χ3v) is 4.45. The highest BCUT2D eigenvalue weighted by Crippen LogP contribution is 2.27. The summed E-state index contributed by atoms with van der Waals surface area (Å²) in [7, 11) is 0. The zero-order valence-corrected chi connectivity index (χ0v) is 12.0. The van der Waals surface area contributed by atoms with Gasteiger partial charge in [-0.3, -0.25) is 4.90 Å². The number of hydrogen-bond acceptors (Lipinski definition) is 4. The second-order valence-corrected chi connectivity index (χ2v) is 5.76. The molecule has 0 radical (unpaired) electrons. The van der Waals surface area contributed by atoms with E-state index in [4.69, 9.17) is 10.00 Å². The van der Waals surface area contributed by atoms with Gasteiger partial charge in [0.05, 0.1) is 24.8 Å². The fraction of sp³-hybridized carbons (Fsp3) is 0.562. The molecule has 1 aromatic rings.